The first-order valence-corrected chi connectivity index (χ1v) is 3.83. The van der Waals surface area contributed by atoms with Gasteiger partial charge in [-0.3, -0.25) is 0 Å². The lowest BCUT2D eigenvalue weighted by atomic mass is 9.94. The van der Waals surface area contributed by atoms with Crippen LogP contribution in [-0.2, 0) is 0 Å². The van der Waals surface area contributed by atoms with Crippen molar-refractivity contribution in [2.24, 2.45) is 0 Å². The van der Waals surface area contributed by atoms with Crippen LogP contribution in [0.3, 0.4) is 0 Å². The topological polar surface area (TPSA) is 40.5 Å². The Morgan fingerprint density at radius 3 is 2.75 bits per heavy atom. The van der Waals surface area contributed by atoms with Gasteiger partial charge in [-0.2, -0.15) is 0 Å². The normalized spacial score (nSPS) is 16.1. The Hall–Kier alpha value is -1.28. The Balaban J connectivity index is 2.61. The highest BCUT2D eigenvalue weighted by Crippen LogP contribution is 2.32. The van der Waals surface area contributed by atoms with Crippen LogP contribution in [0.5, 0.6) is 5.75 Å². The maximum absolute atomic E-state index is 9.44. The van der Waals surface area contributed by atoms with Crippen LogP contribution >= 0.6 is 0 Å². The molecule has 2 nitrogen and oxygen atoms in total. The third kappa shape index (κ3) is 1.01. The van der Waals surface area contributed by atoms with Crippen molar-refractivity contribution in [3.8, 4) is 5.75 Å². The summed E-state index contributed by atoms with van der Waals surface area (Å²) in [5, 5.41) is 18.8. The highest BCUT2D eigenvalue weighted by atomic mass is 16.3. The molecule has 1 radical (unpaired) electrons. The maximum atomic E-state index is 9.44. The minimum atomic E-state index is 0.218. The molecule has 61 valence electrons. The fraction of sp³-hybridized carbons (Fsp3) is 0.100. The molecule has 0 fully saturated rings. The van der Waals surface area contributed by atoms with Crippen molar-refractivity contribution in [3.63, 3.8) is 0 Å². The number of phenolic OH excluding ortho intramolecular Hbond substituents is 1. The van der Waals surface area contributed by atoms with E-state index in [4.69, 9.17) is 0 Å². The van der Waals surface area contributed by atoms with Crippen LogP contribution in [0.15, 0.2) is 24.3 Å². The Morgan fingerprint density at radius 1 is 1.17 bits per heavy atom. The van der Waals surface area contributed by atoms with Gasteiger partial charge >= 0.3 is 0 Å². The number of hydrogen-bond donors (Lipinski definition) is 2. The lowest BCUT2D eigenvalue weighted by Crippen LogP contribution is -2.03. The van der Waals surface area contributed by atoms with Crippen LogP contribution in [0.2, 0.25) is 0 Å². The quantitative estimate of drug-likeness (QED) is 0.611. The van der Waals surface area contributed by atoms with Crippen molar-refractivity contribution >= 4 is 6.08 Å². The second kappa shape index (κ2) is 2.64. The molecule has 0 spiro atoms. The van der Waals surface area contributed by atoms with E-state index in [0.717, 1.165) is 5.56 Å². The zero-order chi connectivity index (χ0) is 8.55. The first kappa shape index (κ1) is 7.37. The fourth-order valence-electron chi connectivity index (χ4n) is 1.38. The van der Waals surface area contributed by atoms with E-state index in [0.29, 0.717) is 18.1 Å². The number of aliphatic hydroxyl groups is 1. The van der Waals surface area contributed by atoms with Gasteiger partial charge in [-0.25, -0.2) is 0 Å². The molecule has 1 aromatic rings. The number of benzene rings is 1. The molecule has 0 saturated heterocycles. The minimum Gasteiger partial charge on any atom is -0.507 e. The van der Waals surface area contributed by atoms with Gasteiger partial charge in [0.2, 0.25) is 0 Å². The first-order valence-electron chi connectivity index (χ1n) is 3.83. The molecule has 0 amide bonds. The standard InChI is InChI=1S/C10H9O2/c11-9-5-1-3-7-8(9)4-2-6-10(7)12/h1-5,11-12H,6H2. The van der Waals surface area contributed by atoms with Gasteiger partial charge in [0, 0.05) is 12.0 Å². The smallest absolute Gasteiger partial charge is 0.127 e. The highest BCUT2D eigenvalue weighted by molar-refractivity contribution is 5.66. The van der Waals surface area contributed by atoms with E-state index in [1.165, 1.54) is 0 Å². The number of rotatable bonds is 0. The molecule has 2 heteroatoms. The van der Waals surface area contributed by atoms with Crippen LogP contribution < -0.4 is 0 Å². The van der Waals surface area contributed by atoms with Crippen molar-refractivity contribution in [2.75, 3.05) is 0 Å². The molecule has 1 aliphatic carbocycles. The summed E-state index contributed by atoms with van der Waals surface area (Å²) in [5.74, 6) is 0.218. The molecule has 12 heavy (non-hydrogen) atoms. The average Bonchev–Trinajstić information content (AvgIpc) is 2.07. The number of phenols is 1. The number of fused-ring (bicyclic) bond motifs is 1. The molecule has 1 aromatic carbocycles. The molecule has 2 N–H and O–H groups in total. The molecular weight excluding hydrogens is 152 g/mol. The van der Waals surface area contributed by atoms with Gasteiger partial charge in [0.05, 0.1) is 0 Å². The van der Waals surface area contributed by atoms with Crippen LogP contribution in [0, 0.1) is 6.10 Å². The van der Waals surface area contributed by atoms with Gasteiger partial charge in [-0.05, 0) is 11.6 Å². The van der Waals surface area contributed by atoms with Crippen LogP contribution in [0.1, 0.15) is 17.5 Å². The Kier molecular flexibility index (Phi) is 1.62. The molecule has 1 aliphatic rings. The van der Waals surface area contributed by atoms with Gasteiger partial charge in [0.15, 0.2) is 0 Å². The predicted molar refractivity (Wildman–Crippen MR) is 46.0 cm³/mol. The highest BCUT2D eigenvalue weighted by Gasteiger charge is 2.16. The van der Waals surface area contributed by atoms with Gasteiger partial charge in [0.1, 0.15) is 11.9 Å². The van der Waals surface area contributed by atoms with Crippen LogP contribution in [-0.4, -0.2) is 10.2 Å². The predicted octanol–water partition coefficient (Wildman–Crippen LogP) is 2.06. The second-order valence-electron chi connectivity index (χ2n) is 2.79. The monoisotopic (exact) mass is 161 g/mol. The van der Waals surface area contributed by atoms with Crippen molar-refractivity contribution < 1.29 is 10.2 Å². The van der Waals surface area contributed by atoms with Gasteiger partial charge in [-0.1, -0.05) is 24.3 Å². The summed E-state index contributed by atoms with van der Waals surface area (Å²) in [7, 11) is 0. The lowest BCUT2D eigenvalue weighted by molar-refractivity contribution is 0.323. The van der Waals surface area contributed by atoms with Crippen LogP contribution in [0.4, 0.5) is 0 Å². The lowest BCUT2D eigenvalue weighted by Gasteiger charge is -2.15. The van der Waals surface area contributed by atoms with Gasteiger partial charge < -0.3 is 10.2 Å². The Bertz CT molecular complexity index is 329. The molecule has 0 saturated carbocycles. The first-order chi connectivity index (χ1) is 5.79. The van der Waals surface area contributed by atoms with E-state index in [1.807, 2.05) is 12.2 Å². The summed E-state index contributed by atoms with van der Waals surface area (Å²) < 4.78 is 0. The molecule has 0 unspecified atom stereocenters. The van der Waals surface area contributed by atoms with Crippen molar-refractivity contribution in [1.82, 2.24) is 0 Å². The van der Waals surface area contributed by atoms with E-state index in [1.54, 1.807) is 18.2 Å². The molecular formula is C10H9O2. The van der Waals surface area contributed by atoms with Gasteiger partial charge in [0.25, 0.3) is 0 Å². The van der Waals surface area contributed by atoms with E-state index < -0.39 is 0 Å². The summed E-state index contributed by atoms with van der Waals surface area (Å²) in [5.41, 5.74) is 1.44. The van der Waals surface area contributed by atoms with Crippen LogP contribution in [0.25, 0.3) is 6.08 Å². The fourth-order valence-corrected chi connectivity index (χ4v) is 1.38. The Labute approximate surface area is 70.8 Å². The zero-order valence-electron chi connectivity index (χ0n) is 6.49. The molecule has 0 aromatic heterocycles. The van der Waals surface area contributed by atoms with Crippen molar-refractivity contribution in [2.45, 2.75) is 6.42 Å². The van der Waals surface area contributed by atoms with E-state index in [-0.39, 0.29) is 5.75 Å². The Morgan fingerprint density at radius 2 is 2.00 bits per heavy atom. The second-order valence-corrected chi connectivity index (χ2v) is 2.79. The van der Waals surface area contributed by atoms with E-state index in [2.05, 4.69) is 0 Å². The molecule has 0 bridgehead atoms. The van der Waals surface area contributed by atoms with E-state index in [9.17, 15) is 10.2 Å². The summed E-state index contributed by atoms with van der Waals surface area (Å²) in [4.78, 5) is 0. The number of aliphatic hydroxyl groups excluding tert-OH is 1. The van der Waals surface area contributed by atoms with Gasteiger partial charge in [-0.15, -0.1) is 0 Å². The summed E-state index contributed by atoms with van der Waals surface area (Å²) in [6.07, 6.45) is 4.53. The molecule has 0 atom stereocenters. The summed E-state index contributed by atoms with van der Waals surface area (Å²) >= 11 is 0. The minimum absolute atomic E-state index is 0.218. The average molecular weight is 161 g/mol. The SMILES string of the molecule is O[C]1CC=Cc2c(O)cccc21. The largest absolute Gasteiger partial charge is 0.507 e. The molecule has 0 aliphatic heterocycles. The third-order valence-electron chi connectivity index (χ3n) is 1.99. The maximum Gasteiger partial charge on any atom is 0.127 e. The summed E-state index contributed by atoms with van der Waals surface area (Å²) in [6, 6.07) is 5.14. The molecule has 0 heterocycles. The van der Waals surface area contributed by atoms with Crippen molar-refractivity contribution in [1.29, 1.82) is 0 Å². The molecule has 2 rings (SSSR count). The number of aromatic hydroxyl groups is 1. The number of hydrogen-bond acceptors (Lipinski definition) is 2. The van der Waals surface area contributed by atoms with E-state index >= 15 is 0 Å². The summed E-state index contributed by atoms with van der Waals surface area (Å²) in [6.45, 7) is 0. The van der Waals surface area contributed by atoms with Crippen molar-refractivity contribution in [3.05, 3.63) is 41.5 Å². The third-order valence-corrected chi connectivity index (χ3v) is 1.99. The zero-order valence-corrected chi connectivity index (χ0v) is 6.49.